The summed E-state index contributed by atoms with van der Waals surface area (Å²) >= 11 is 0. The average Bonchev–Trinajstić information content (AvgIpc) is 3.63. The van der Waals surface area contributed by atoms with Crippen LogP contribution in [-0.2, 0) is 11.3 Å². The smallest absolute Gasteiger partial charge is 0.332 e. The fraction of sp³-hybridized carbons (Fsp3) is 0.222. The first kappa shape index (κ1) is 22.2. The van der Waals surface area contributed by atoms with Crippen LogP contribution in [0.4, 0.5) is 8.78 Å². The van der Waals surface area contributed by atoms with Crippen molar-refractivity contribution in [3.63, 3.8) is 0 Å². The molecule has 6 rings (SSSR count). The van der Waals surface area contributed by atoms with E-state index in [1.54, 1.807) is 29.2 Å². The van der Waals surface area contributed by atoms with E-state index in [0.717, 1.165) is 16.6 Å². The Morgan fingerprint density at radius 3 is 2.56 bits per heavy atom. The molecule has 36 heavy (non-hydrogen) atoms. The number of imidazole rings is 2. The number of aromatic nitrogens is 4. The first-order valence-corrected chi connectivity index (χ1v) is 11.8. The Hall–Kier alpha value is -4.27. The van der Waals surface area contributed by atoms with Crippen molar-refractivity contribution in [1.29, 1.82) is 0 Å². The summed E-state index contributed by atoms with van der Waals surface area (Å²) in [4.78, 5) is 31.9. The lowest BCUT2D eigenvalue weighted by Crippen LogP contribution is -2.42. The van der Waals surface area contributed by atoms with Gasteiger partial charge in [-0.2, -0.15) is 0 Å². The van der Waals surface area contributed by atoms with Crippen LogP contribution in [0.5, 0.6) is 0 Å². The summed E-state index contributed by atoms with van der Waals surface area (Å²) in [6.45, 7) is 0.00347. The maximum Gasteiger partial charge on any atom is 0.334 e. The molecule has 0 bridgehead atoms. The molecule has 1 atom stereocenters. The molecule has 0 aliphatic carbocycles. The number of benzene rings is 2. The van der Waals surface area contributed by atoms with Crippen LogP contribution in [0, 0.1) is 0 Å². The Bertz CT molecular complexity index is 1630. The predicted octanol–water partition coefficient (Wildman–Crippen LogP) is 4.36. The fourth-order valence-electron chi connectivity index (χ4n) is 5.18. The van der Waals surface area contributed by atoms with Crippen molar-refractivity contribution in [3.05, 3.63) is 89.9 Å². The molecule has 1 saturated heterocycles. The van der Waals surface area contributed by atoms with Crippen LogP contribution < -0.4 is 5.69 Å². The Balaban J connectivity index is 1.38. The molecule has 1 aliphatic rings. The lowest BCUT2D eigenvalue weighted by Gasteiger charge is -2.24. The number of hydrogen-bond acceptors (Lipinski definition) is 3. The van der Waals surface area contributed by atoms with Crippen molar-refractivity contribution in [1.82, 2.24) is 23.4 Å². The fourth-order valence-corrected chi connectivity index (χ4v) is 5.18. The summed E-state index contributed by atoms with van der Waals surface area (Å²) in [5.74, 6) is -0.466. The largest absolute Gasteiger partial charge is 0.334 e. The third-order valence-corrected chi connectivity index (χ3v) is 6.93. The van der Waals surface area contributed by atoms with Gasteiger partial charge in [0.25, 0.3) is 6.43 Å². The number of pyridine rings is 1. The Morgan fingerprint density at radius 2 is 1.78 bits per heavy atom. The molecular weight excluding hydrogens is 464 g/mol. The van der Waals surface area contributed by atoms with Crippen LogP contribution >= 0.6 is 0 Å². The van der Waals surface area contributed by atoms with Crippen molar-refractivity contribution in [2.24, 2.45) is 0 Å². The molecule has 1 aliphatic heterocycles. The van der Waals surface area contributed by atoms with Gasteiger partial charge in [0.15, 0.2) is 0 Å². The van der Waals surface area contributed by atoms with Crippen LogP contribution in [-0.4, -0.2) is 48.3 Å². The summed E-state index contributed by atoms with van der Waals surface area (Å²) in [5.41, 5.74) is 4.46. The standard InChI is InChI=1S/C27H23F2N5O2/c28-26(29)23-8-4-14-32(23)25(35)16-33-21-6-1-2-7-22(21)34(27(33)36)19-11-9-18(10-12-19)20-5-3-13-31-17-30-15-24(20)31/h1-3,5-7,9-13,15,17,23,26H,4,8,14,16H2/t23-/m0/s1. The molecule has 3 aromatic heterocycles. The van der Waals surface area contributed by atoms with Crippen LogP contribution in [0.2, 0.25) is 0 Å². The molecular formula is C27H23F2N5O2. The Kier molecular flexibility index (Phi) is 5.40. The predicted molar refractivity (Wildman–Crippen MR) is 132 cm³/mol. The second-order valence-corrected chi connectivity index (χ2v) is 8.98. The zero-order chi connectivity index (χ0) is 24.8. The van der Waals surface area contributed by atoms with E-state index in [1.807, 2.05) is 59.1 Å². The molecule has 0 radical (unpaired) electrons. The van der Waals surface area contributed by atoms with Crippen molar-refractivity contribution in [2.75, 3.05) is 6.54 Å². The highest BCUT2D eigenvalue weighted by molar-refractivity contribution is 5.83. The minimum atomic E-state index is -2.60. The zero-order valence-corrected chi connectivity index (χ0v) is 19.3. The van der Waals surface area contributed by atoms with Gasteiger partial charge in [-0.1, -0.05) is 30.3 Å². The van der Waals surface area contributed by atoms with Crippen molar-refractivity contribution < 1.29 is 13.6 Å². The lowest BCUT2D eigenvalue weighted by molar-refractivity contribution is -0.135. The van der Waals surface area contributed by atoms with Gasteiger partial charge < -0.3 is 9.30 Å². The quantitative estimate of drug-likeness (QED) is 0.370. The number of fused-ring (bicyclic) bond motifs is 2. The third-order valence-electron chi connectivity index (χ3n) is 6.93. The summed E-state index contributed by atoms with van der Waals surface area (Å²) in [7, 11) is 0. The van der Waals surface area contributed by atoms with Gasteiger partial charge in [-0.3, -0.25) is 13.9 Å². The number of amides is 1. The highest BCUT2D eigenvalue weighted by atomic mass is 19.3. The molecule has 0 saturated carbocycles. The molecule has 0 N–H and O–H groups in total. The molecule has 1 fully saturated rings. The van der Waals surface area contributed by atoms with E-state index >= 15 is 0 Å². The number of carbonyl (C=O) groups excluding carboxylic acids is 1. The van der Waals surface area contributed by atoms with Crippen molar-refractivity contribution >= 4 is 22.5 Å². The maximum atomic E-state index is 13.5. The SMILES string of the molecule is O=C(Cn1c(=O)n(-c2ccc(-c3cccn4cncc34)cc2)c2ccccc21)N1CCC[C@H]1C(F)F. The molecule has 1 amide bonds. The normalized spacial score (nSPS) is 16.0. The van der Waals surface area contributed by atoms with E-state index < -0.39 is 18.4 Å². The number of halogens is 2. The van der Waals surface area contributed by atoms with Crippen molar-refractivity contribution in [2.45, 2.75) is 31.9 Å². The highest BCUT2D eigenvalue weighted by Crippen LogP contribution is 2.27. The van der Waals surface area contributed by atoms with E-state index in [1.165, 1.54) is 9.47 Å². The first-order chi connectivity index (χ1) is 17.5. The first-order valence-electron chi connectivity index (χ1n) is 11.8. The number of rotatable bonds is 5. The average molecular weight is 488 g/mol. The molecule has 0 spiro atoms. The molecule has 2 aromatic carbocycles. The summed E-state index contributed by atoms with van der Waals surface area (Å²) in [6, 6.07) is 17.7. The molecule has 7 nitrogen and oxygen atoms in total. The molecule has 5 aromatic rings. The minimum Gasteiger partial charge on any atom is -0.332 e. The van der Waals surface area contributed by atoms with Gasteiger partial charge in [-0.05, 0) is 48.7 Å². The summed E-state index contributed by atoms with van der Waals surface area (Å²) in [6.07, 6.45) is 3.70. The van der Waals surface area contributed by atoms with Crippen molar-refractivity contribution in [3.8, 4) is 16.8 Å². The van der Waals surface area contributed by atoms with Crippen LogP contribution in [0.1, 0.15) is 12.8 Å². The number of hydrogen-bond donors (Lipinski definition) is 0. The number of likely N-dealkylation sites (tertiary alicyclic amines) is 1. The van der Waals surface area contributed by atoms with Gasteiger partial charge in [-0.25, -0.2) is 18.6 Å². The summed E-state index contributed by atoms with van der Waals surface area (Å²) < 4.78 is 31.7. The number of carbonyl (C=O) groups is 1. The Morgan fingerprint density at radius 1 is 1.00 bits per heavy atom. The van der Waals surface area contributed by atoms with Gasteiger partial charge >= 0.3 is 5.69 Å². The van der Waals surface area contributed by atoms with Crippen LogP contribution in [0.25, 0.3) is 33.4 Å². The van der Waals surface area contributed by atoms with Crippen LogP contribution in [0.15, 0.2) is 84.2 Å². The number of alkyl halides is 2. The van der Waals surface area contributed by atoms with Gasteiger partial charge in [0.1, 0.15) is 6.54 Å². The van der Waals surface area contributed by atoms with Gasteiger partial charge in [0.2, 0.25) is 5.91 Å². The second kappa shape index (κ2) is 8.75. The van der Waals surface area contributed by atoms with Gasteiger partial charge in [0, 0.05) is 18.3 Å². The molecule has 0 unspecified atom stereocenters. The maximum absolute atomic E-state index is 13.5. The second-order valence-electron chi connectivity index (χ2n) is 8.98. The third kappa shape index (κ3) is 3.59. The molecule has 9 heteroatoms. The van der Waals surface area contributed by atoms with E-state index in [2.05, 4.69) is 4.98 Å². The van der Waals surface area contributed by atoms with Gasteiger partial charge in [-0.15, -0.1) is 0 Å². The Labute approximate surface area is 204 Å². The highest BCUT2D eigenvalue weighted by Gasteiger charge is 2.35. The van der Waals surface area contributed by atoms with E-state index in [4.69, 9.17) is 0 Å². The summed E-state index contributed by atoms with van der Waals surface area (Å²) in [5, 5.41) is 0. The van der Waals surface area contributed by atoms with Gasteiger partial charge in [0.05, 0.1) is 40.8 Å². The minimum absolute atomic E-state index is 0.277. The number of para-hydroxylation sites is 2. The van der Waals surface area contributed by atoms with E-state index in [0.29, 0.717) is 23.1 Å². The van der Waals surface area contributed by atoms with E-state index in [-0.39, 0.29) is 25.2 Å². The van der Waals surface area contributed by atoms with Crippen LogP contribution in [0.3, 0.4) is 0 Å². The zero-order valence-electron chi connectivity index (χ0n) is 19.3. The molecule has 4 heterocycles. The lowest BCUT2D eigenvalue weighted by atomic mass is 10.1. The topological polar surface area (TPSA) is 64.5 Å². The number of nitrogens with zero attached hydrogens (tertiary/aromatic N) is 5. The van der Waals surface area contributed by atoms with E-state index in [9.17, 15) is 18.4 Å². The monoisotopic (exact) mass is 487 g/mol. The molecule has 182 valence electrons.